The molecule has 0 radical (unpaired) electrons. The summed E-state index contributed by atoms with van der Waals surface area (Å²) >= 11 is 12.0. The molecule has 0 aromatic heterocycles. The van der Waals surface area contributed by atoms with Gasteiger partial charge in [-0.05, 0) is 6.42 Å². The number of halogens is 2. The zero-order chi connectivity index (χ0) is 10.4. The van der Waals surface area contributed by atoms with Crippen molar-refractivity contribution in [2.45, 2.75) is 31.5 Å². The van der Waals surface area contributed by atoms with Crippen molar-refractivity contribution in [3.8, 4) is 0 Å². The third-order valence-electron chi connectivity index (χ3n) is 3.10. The summed E-state index contributed by atoms with van der Waals surface area (Å²) in [7, 11) is 0. The van der Waals surface area contributed by atoms with Gasteiger partial charge in [0.1, 0.15) is 4.33 Å². The van der Waals surface area contributed by atoms with Crippen LogP contribution >= 0.6 is 23.2 Å². The molecule has 2 unspecified atom stereocenters. The normalized spacial score (nSPS) is 31.0. The van der Waals surface area contributed by atoms with Crippen molar-refractivity contribution in [2.24, 2.45) is 17.3 Å². The summed E-state index contributed by atoms with van der Waals surface area (Å²) in [5.74, 6) is -1.06. The lowest BCUT2D eigenvalue weighted by molar-refractivity contribution is -0.141. The molecule has 76 valence electrons. The molecule has 1 aliphatic carbocycles. The van der Waals surface area contributed by atoms with Crippen LogP contribution in [0, 0.1) is 17.3 Å². The van der Waals surface area contributed by atoms with Crippen LogP contribution in [-0.2, 0) is 4.79 Å². The molecule has 1 N–H and O–H groups in total. The molecule has 0 bridgehead atoms. The van der Waals surface area contributed by atoms with Crippen molar-refractivity contribution < 1.29 is 9.90 Å². The molecule has 0 aliphatic heterocycles. The Hall–Kier alpha value is 0.0500. The molecule has 2 nitrogen and oxygen atoms in total. The molecule has 1 rings (SSSR count). The second kappa shape index (κ2) is 3.03. The van der Waals surface area contributed by atoms with Crippen molar-refractivity contribution in [3.63, 3.8) is 0 Å². The van der Waals surface area contributed by atoms with E-state index in [1.54, 1.807) is 6.92 Å². The van der Waals surface area contributed by atoms with Gasteiger partial charge in [-0.15, -0.1) is 23.2 Å². The Bertz CT molecular complexity index is 222. The van der Waals surface area contributed by atoms with Crippen molar-refractivity contribution in [2.75, 3.05) is 0 Å². The Morgan fingerprint density at radius 1 is 1.54 bits per heavy atom. The van der Waals surface area contributed by atoms with Gasteiger partial charge < -0.3 is 5.11 Å². The van der Waals surface area contributed by atoms with Gasteiger partial charge in [0.15, 0.2) is 0 Å². The van der Waals surface area contributed by atoms with Crippen LogP contribution in [0.15, 0.2) is 0 Å². The van der Waals surface area contributed by atoms with Gasteiger partial charge in [0, 0.05) is 11.3 Å². The molecule has 1 aliphatic rings. The highest BCUT2D eigenvalue weighted by molar-refractivity contribution is 6.51. The third-order valence-corrected chi connectivity index (χ3v) is 4.60. The molecular weight excluding hydrogens is 211 g/mol. The van der Waals surface area contributed by atoms with Crippen LogP contribution in [0.1, 0.15) is 27.2 Å². The first kappa shape index (κ1) is 11.1. The monoisotopic (exact) mass is 224 g/mol. The summed E-state index contributed by atoms with van der Waals surface area (Å²) in [5, 5.41) is 8.71. The number of rotatable bonds is 3. The Kier molecular flexibility index (Phi) is 2.59. The zero-order valence-electron chi connectivity index (χ0n) is 7.97. The molecule has 0 saturated heterocycles. The number of carboxylic acids is 1. The van der Waals surface area contributed by atoms with E-state index in [1.807, 2.05) is 13.8 Å². The quantitative estimate of drug-likeness (QED) is 0.749. The van der Waals surface area contributed by atoms with Crippen molar-refractivity contribution in [3.05, 3.63) is 0 Å². The fourth-order valence-electron chi connectivity index (χ4n) is 1.65. The Morgan fingerprint density at radius 3 is 2.15 bits per heavy atom. The zero-order valence-corrected chi connectivity index (χ0v) is 9.49. The highest BCUT2D eigenvalue weighted by Gasteiger charge is 2.69. The van der Waals surface area contributed by atoms with E-state index in [1.165, 1.54) is 0 Å². The minimum Gasteiger partial charge on any atom is -0.481 e. The van der Waals surface area contributed by atoms with Crippen LogP contribution in [0.3, 0.4) is 0 Å². The second-order valence-corrected chi connectivity index (χ2v) is 5.76. The summed E-state index contributed by atoms with van der Waals surface area (Å²) in [4.78, 5) is 10.6. The number of hydrogen-bond donors (Lipinski definition) is 1. The topological polar surface area (TPSA) is 37.3 Å². The van der Waals surface area contributed by atoms with Gasteiger partial charge in [0.25, 0.3) is 0 Å². The molecule has 2 atom stereocenters. The first-order valence-electron chi connectivity index (χ1n) is 4.32. The van der Waals surface area contributed by atoms with Crippen LogP contribution in [0.5, 0.6) is 0 Å². The van der Waals surface area contributed by atoms with Crippen LogP contribution in [0.25, 0.3) is 0 Å². The van der Waals surface area contributed by atoms with Crippen molar-refractivity contribution in [1.29, 1.82) is 0 Å². The molecular formula is C9H14Cl2O2. The van der Waals surface area contributed by atoms with Crippen LogP contribution in [-0.4, -0.2) is 15.4 Å². The molecule has 0 aromatic carbocycles. The minimum absolute atomic E-state index is 0.0921. The first-order chi connectivity index (χ1) is 5.71. The molecule has 0 spiro atoms. The molecule has 4 heteroatoms. The van der Waals surface area contributed by atoms with E-state index in [0.29, 0.717) is 6.42 Å². The van der Waals surface area contributed by atoms with Crippen molar-refractivity contribution >= 4 is 29.2 Å². The molecule has 0 aromatic rings. The predicted octanol–water partition coefficient (Wildman–Crippen LogP) is 2.93. The summed E-state index contributed by atoms with van der Waals surface area (Å²) < 4.78 is -0.739. The van der Waals surface area contributed by atoms with Gasteiger partial charge in [0.2, 0.25) is 0 Å². The lowest BCUT2D eigenvalue weighted by Gasteiger charge is -2.05. The summed E-state index contributed by atoms with van der Waals surface area (Å²) in [5.41, 5.74) is -0.153. The number of carbonyl (C=O) groups is 1. The molecule has 13 heavy (non-hydrogen) atoms. The summed E-state index contributed by atoms with van der Waals surface area (Å²) in [6.07, 6.45) is 0.551. The molecule has 0 amide bonds. The minimum atomic E-state index is -0.785. The van der Waals surface area contributed by atoms with E-state index in [4.69, 9.17) is 28.3 Å². The maximum absolute atomic E-state index is 10.6. The molecule has 0 heterocycles. The van der Waals surface area contributed by atoms with Gasteiger partial charge in [-0.3, -0.25) is 4.79 Å². The number of aliphatic carboxylic acids is 1. The van der Waals surface area contributed by atoms with E-state index in [2.05, 4.69) is 0 Å². The maximum Gasteiger partial charge on any atom is 0.306 e. The van der Waals surface area contributed by atoms with Gasteiger partial charge >= 0.3 is 5.97 Å². The Balaban J connectivity index is 2.56. The smallest absolute Gasteiger partial charge is 0.306 e. The van der Waals surface area contributed by atoms with E-state index < -0.39 is 10.3 Å². The summed E-state index contributed by atoms with van der Waals surface area (Å²) in [6.45, 7) is 5.61. The van der Waals surface area contributed by atoms with Gasteiger partial charge in [-0.2, -0.15) is 0 Å². The lowest BCUT2D eigenvalue weighted by Crippen LogP contribution is -2.11. The van der Waals surface area contributed by atoms with E-state index in [9.17, 15) is 4.79 Å². The van der Waals surface area contributed by atoms with Crippen LogP contribution in [0.2, 0.25) is 0 Å². The lowest BCUT2D eigenvalue weighted by atomic mass is 10.00. The first-order valence-corrected chi connectivity index (χ1v) is 5.07. The number of carboxylic acid groups (broad SMARTS) is 1. The molecule has 1 fully saturated rings. The highest BCUT2D eigenvalue weighted by Crippen LogP contribution is 2.70. The second-order valence-electron chi connectivity index (χ2n) is 4.37. The fraction of sp³-hybridized carbons (Fsp3) is 0.889. The molecule has 1 saturated carbocycles. The standard InChI is InChI=1S/C9H14Cl2O2/c1-5(7(12)13)4-6-8(2,3)9(6,10)11/h5-6H,4H2,1-3H3,(H,12,13). The van der Waals surface area contributed by atoms with Gasteiger partial charge in [-0.25, -0.2) is 0 Å². The average Bonchev–Trinajstić information content (AvgIpc) is 2.32. The third kappa shape index (κ3) is 1.66. The number of alkyl halides is 2. The van der Waals surface area contributed by atoms with E-state index in [-0.39, 0.29) is 17.3 Å². The van der Waals surface area contributed by atoms with Crippen LogP contribution < -0.4 is 0 Å². The van der Waals surface area contributed by atoms with E-state index >= 15 is 0 Å². The fourth-order valence-corrected chi connectivity index (χ4v) is 2.53. The predicted molar refractivity (Wildman–Crippen MR) is 53.1 cm³/mol. The van der Waals surface area contributed by atoms with Gasteiger partial charge in [-0.1, -0.05) is 20.8 Å². The average molecular weight is 225 g/mol. The largest absolute Gasteiger partial charge is 0.481 e. The van der Waals surface area contributed by atoms with Gasteiger partial charge in [0.05, 0.1) is 5.92 Å². The Morgan fingerprint density at radius 2 is 1.92 bits per heavy atom. The maximum atomic E-state index is 10.6. The highest BCUT2D eigenvalue weighted by atomic mass is 35.5. The SMILES string of the molecule is CC(CC1C(C)(C)C1(Cl)Cl)C(=O)O. The number of hydrogen-bond acceptors (Lipinski definition) is 1. The van der Waals surface area contributed by atoms with Crippen LogP contribution in [0.4, 0.5) is 0 Å². The Labute approximate surface area is 88.2 Å². The van der Waals surface area contributed by atoms with E-state index in [0.717, 1.165) is 0 Å². The van der Waals surface area contributed by atoms with Crippen molar-refractivity contribution in [1.82, 2.24) is 0 Å². The summed E-state index contributed by atoms with van der Waals surface area (Å²) in [6, 6.07) is 0.